The van der Waals surface area contributed by atoms with E-state index in [1.54, 1.807) is 36.4 Å². The summed E-state index contributed by atoms with van der Waals surface area (Å²) in [5, 5.41) is 25.5. The number of carbonyl (C=O) groups is 1. The molecule has 3 aromatic carbocycles. The molecule has 0 unspecified atom stereocenters. The molecule has 1 amide bonds. The molecular weight excluding hydrogens is 454 g/mol. The minimum Gasteiger partial charge on any atom is -0.436 e. The van der Waals surface area contributed by atoms with Gasteiger partial charge in [0.05, 0.1) is 27.2 Å². The highest BCUT2D eigenvalue weighted by Gasteiger charge is 2.24. The largest absolute Gasteiger partial charge is 0.436 e. The van der Waals surface area contributed by atoms with Crippen molar-refractivity contribution < 1.29 is 19.1 Å². The molecule has 4 aromatic rings. The Balaban J connectivity index is 1.45. The standard InChI is InChI=1S/C24H19N5O6/c30-23(15-7-10-20(21(13-15)29(33)34)27-11-3-4-12-27)25-18-6-2-1-5-17(18)24-26-19-9-8-16(28(31)32)14-22(19)35-24/h1-2,5-10,13-14H,3-4,11-12H2,(H,25,30). The minimum absolute atomic E-state index is 0.117. The molecule has 1 aliphatic rings. The fourth-order valence-electron chi connectivity index (χ4n) is 4.15. The van der Waals surface area contributed by atoms with Crippen LogP contribution >= 0.6 is 0 Å². The third kappa shape index (κ3) is 4.26. The highest BCUT2D eigenvalue weighted by atomic mass is 16.6. The Labute approximate surface area is 198 Å². The van der Waals surface area contributed by atoms with E-state index in [2.05, 4.69) is 10.3 Å². The number of aromatic nitrogens is 1. The van der Waals surface area contributed by atoms with E-state index in [1.807, 2.05) is 4.90 Å². The Hall–Kier alpha value is -4.80. The van der Waals surface area contributed by atoms with Gasteiger partial charge < -0.3 is 14.6 Å². The third-order valence-corrected chi connectivity index (χ3v) is 5.87. The van der Waals surface area contributed by atoms with Crippen LogP contribution in [0.15, 0.2) is 65.1 Å². The summed E-state index contributed by atoms with van der Waals surface area (Å²) in [5.74, 6) is -0.355. The van der Waals surface area contributed by atoms with Crippen molar-refractivity contribution in [3.8, 4) is 11.5 Å². The summed E-state index contributed by atoms with van der Waals surface area (Å²) in [5.41, 5.74) is 1.91. The van der Waals surface area contributed by atoms with E-state index in [-0.39, 0.29) is 28.4 Å². The monoisotopic (exact) mass is 473 g/mol. The summed E-state index contributed by atoms with van der Waals surface area (Å²) in [4.78, 5) is 41.1. The number of amides is 1. The van der Waals surface area contributed by atoms with Gasteiger partial charge in [-0.15, -0.1) is 0 Å². The number of nitrogens with one attached hydrogen (secondary N) is 1. The lowest BCUT2D eigenvalue weighted by molar-refractivity contribution is -0.384. The van der Waals surface area contributed by atoms with Crippen molar-refractivity contribution in [3.05, 3.63) is 86.5 Å². The van der Waals surface area contributed by atoms with Crippen LogP contribution in [-0.4, -0.2) is 33.8 Å². The summed E-state index contributed by atoms with van der Waals surface area (Å²) >= 11 is 0. The highest BCUT2D eigenvalue weighted by molar-refractivity contribution is 6.06. The first kappa shape index (κ1) is 22.0. The second-order valence-corrected chi connectivity index (χ2v) is 8.08. The van der Waals surface area contributed by atoms with Crippen molar-refractivity contribution in [2.45, 2.75) is 12.8 Å². The molecule has 11 nitrogen and oxygen atoms in total. The average molecular weight is 473 g/mol. The van der Waals surface area contributed by atoms with Gasteiger partial charge in [0.2, 0.25) is 5.89 Å². The fraction of sp³-hybridized carbons (Fsp3) is 0.167. The molecule has 5 rings (SSSR count). The summed E-state index contributed by atoms with van der Waals surface area (Å²) in [6, 6.07) is 15.4. The van der Waals surface area contributed by atoms with Crippen LogP contribution in [0.1, 0.15) is 23.2 Å². The normalized spacial score (nSPS) is 13.2. The van der Waals surface area contributed by atoms with Crippen molar-refractivity contribution >= 4 is 39.8 Å². The summed E-state index contributed by atoms with van der Waals surface area (Å²) in [6.45, 7) is 1.49. The van der Waals surface area contributed by atoms with E-state index < -0.39 is 15.8 Å². The van der Waals surface area contributed by atoms with Crippen LogP contribution in [0, 0.1) is 20.2 Å². The van der Waals surface area contributed by atoms with E-state index in [0.717, 1.165) is 25.9 Å². The van der Waals surface area contributed by atoms with Gasteiger partial charge in [-0.25, -0.2) is 4.98 Å². The van der Waals surface area contributed by atoms with E-state index in [1.165, 1.54) is 24.3 Å². The zero-order valence-electron chi connectivity index (χ0n) is 18.3. The molecule has 1 fully saturated rings. The predicted octanol–water partition coefficient (Wildman–Crippen LogP) is 5.16. The number of carbonyl (C=O) groups excluding carboxylic acids is 1. The van der Waals surface area contributed by atoms with Crippen LogP contribution in [-0.2, 0) is 0 Å². The number of nitro groups is 2. The molecule has 0 radical (unpaired) electrons. The van der Waals surface area contributed by atoms with Crippen LogP contribution in [0.4, 0.5) is 22.7 Å². The number of fused-ring (bicyclic) bond motifs is 1. The van der Waals surface area contributed by atoms with Gasteiger partial charge in [0, 0.05) is 30.8 Å². The molecule has 0 spiro atoms. The van der Waals surface area contributed by atoms with Gasteiger partial charge in [-0.05, 0) is 43.2 Å². The lowest BCUT2D eigenvalue weighted by atomic mass is 10.1. The molecule has 0 saturated carbocycles. The molecule has 0 bridgehead atoms. The number of para-hydroxylation sites is 1. The quantitative estimate of drug-likeness (QED) is 0.298. The number of nitrogens with zero attached hydrogens (tertiary/aromatic N) is 4. The van der Waals surface area contributed by atoms with Gasteiger partial charge in [-0.2, -0.15) is 0 Å². The maximum Gasteiger partial charge on any atom is 0.293 e. The van der Waals surface area contributed by atoms with Crippen molar-refractivity contribution in [2.24, 2.45) is 0 Å². The smallest absolute Gasteiger partial charge is 0.293 e. The van der Waals surface area contributed by atoms with Crippen LogP contribution in [0.5, 0.6) is 0 Å². The second kappa shape index (κ2) is 8.86. The van der Waals surface area contributed by atoms with Gasteiger partial charge in [-0.1, -0.05) is 12.1 Å². The zero-order chi connectivity index (χ0) is 24.5. The molecule has 2 heterocycles. The Morgan fingerprint density at radius 3 is 2.49 bits per heavy atom. The molecular formula is C24H19N5O6. The second-order valence-electron chi connectivity index (χ2n) is 8.08. The third-order valence-electron chi connectivity index (χ3n) is 5.87. The molecule has 35 heavy (non-hydrogen) atoms. The first-order chi connectivity index (χ1) is 16.9. The number of nitro benzene ring substituents is 2. The lowest BCUT2D eigenvalue weighted by Crippen LogP contribution is -2.20. The van der Waals surface area contributed by atoms with Gasteiger partial charge in [-0.3, -0.25) is 25.0 Å². The molecule has 0 atom stereocenters. The molecule has 0 aliphatic carbocycles. The Morgan fingerprint density at radius 2 is 1.74 bits per heavy atom. The van der Waals surface area contributed by atoms with E-state index >= 15 is 0 Å². The summed E-state index contributed by atoms with van der Waals surface area (Å²) in [7, 11) is 0. The van der Waals surface area contributed by atoms with Crippen molar-refractivity contribution in [3.63, 3.8) is 0 Å². The SMILES string of the molecule is O=C(Nc1ccccc1-c1nc2ccc([N+](=O)[O-])cc2o1)c1ccc(N2CCCC2)c([N+](=O)[O-])c1. The van der Waals surface area contributed by atoms with E-state index in [0.29, 0.717) is 22.5 Å². The molecule has 1 N–H and O–H groups in total. The number of benzene rings is 3. The molecule has 176 valence electrons. The molecule has 1 aromatic heterocycles. The Morgan fingerprint density at radius 1 is 0.971 bits per heavy atom. The van der Waals surface area contributed by atoms with E-state index in [9.17, 15) is 25.0 Å². The highest BCUT2D eigenvalue weighted by Crippen LogP contribution is 2.34. The number of non-ortho nitro benzene ring substituents is 1. The maximum absolute atomic E-state index is 13.0. The topological polar surface area (TPSA) is 145 Å². The zero-order valence-corrected chi connectivity index (χ0v) is 18.3. The van der Waals surface area contributed by atoms with Crippen LogP contribution in [0.2, 0.25) is 0 Å². The number of rotatable bonds is 6. The first-order valence-electron chi connectivity index (χ1n) is 10.9. The number of hydrogen-bond donors (Lipinski definition) is 1. The Bertz CT molecular complexity index is 1470. The van der Waals surface area contributed by atoms with Gasteiger partial charge in [0.1, 0.15) is 11.2 Å². The predicted molar refractivity (Wildman–Crippen MR) is 129 cm³/mol. The van der Waals surface area contributed by atoms with Gasteiger partial charge in [0.25, 0.3) is 17.3 Å². The van der Waals surface area contributed by atoms with Crippen LogP contribution < -0.4 is 10.2 Å². The maximum atomic E-state index is 13.0. The number of anilines is 2. The minimum atomic E-state index is -0.528. The van der Waals surface area contributed by atoms with Crippen LogP contribution in [0.3, 0.4) is 0 Å². The molecule has 11 heteroatoms. The molecule has 1 saturated heterocycles. The fourth-order valence-corrected chi connectivity index (χ4v) is 4.15. The van der Waals surface area contributed by atoms with Crippen molar-refractivity contribution in [2.75, 3.05) is 23.3 Å². The van der Waals surface area contributed by atoms with Gasteiger partial charge in [0.15, 0.2) is 5.58 Å². The average Bonchev–Trinajstić information content (AvgIpc) is 3.53. The van der Waals surface area contributed by atoms with Crippen molar-refractivity contribution in [1.29, 1.82) is 0 Å². The number of oxazole rings is 1. The first-order valence-corrected chi connectivity index (χ1v) is 10.9. The van der Waals surface area contributed by atoms with Crippen LogP contribution in [0.25, 0.3) is 22.6 Å². The van der Waals surface area contributed by atoms with E-state index in [4.69, 9.17) is 4.42 Å². The molecule has 1 aliphatic heterocycles. The summed E-state index contributed by atoms with van der Waals surface area (Å²) < 4.78 is 5.73. The van der Waals surface area contributed by atoms with Crippen molar-refractivity contribution in [1.82, 2.24) is 4.98 Å². The lowest BCUT2D eigenvalue weighted by Gasteiger charge is -2.18. The van der Waals surface area contributed by atoms with Gasteiger partial charge >= 0.3 is 0 Å². The number of hydrogen-bond acceptors (Lipinski definition) is 8. The Kier molecular flexibility index (Phi) is 5.57. The summed E-state index contributed by atoms with van der Waals surface area (Å²) in [6.07, 6.45) is 1.94.